The number of halogens is 1. The van der Waals surface area contributed by atoms with Gasteiger partial charge in [-0.15, -0.1) is 11.3 Å². The molecular formula is C8H10ClNO5S2. The van der Waals surface area contributed by atoms with Gasteiger partial charge in [0.05, 0.1) is 4.34 Å². The molecule has 0 aromatic carbocycles. The number of hydrogen-bond acceptors (Lipinski definition) is 5. The van der Waals surface area contributed by atoms with Crippen molar-refractivity contribution < 1.29 is 23.4 Å². The maximum Gasteiger partial charge on any atom is 0.332 e. The zero-order chi connectivity index (χ0) is 13.1. The summed E-state index contributed by atoms with van der Waals surface area (Å²) >= 11 is 6.50. The number of carbonyl (C=O) groups is 1. The van der Waals surface area contributed by atoms with E-state index in [4.69, 9.17) is 21.8 Å². The van der Waals surface area contributed by atoms with E-state index in [0.29, 0.717) is 4.34 Å². The molecule has 96 valence electrons. The van der Waals surface area contributed by atoms with Gasteiger partial charge in [-0.1, -0.05) is 11.6 Å². The van der Waals surface area contributed by atoms with E-state index in [2.05, 4.69) is 4.72 Å². The average molecular weight is 300 g/mol. The molecule has 0 spiro atoms. The van der Waals surface area contributed by atoms with Gasteiger partial charge in [0.1, 0.15) is 4.21 Å². The SMILES string of the molecule is O=C(O)C(O)CCNS(=O)(=O)c1ccc(Cl)s1. The van der Waals surface area contributed by atoms with E-state index in [0.717, 1.165) is 11.3 Å². The highest BCUT2D eigenvalue weighted by Crippen LogP contribution is 2.25. The van der Waals surface area contributed by atoms with Gasteiger partial charge in [0.25, 0.3) is 0 Å². The predicted octanol–water partition coefficient (Wildman–Crippen LogP) is 0.515. The molecule has 0 saturated heterocycles. The van der Waals surface area contributed by atoms with Crippen LogP contribution in [0.25, 0.3) is 0 Å². The molecule has 1 atom stereocenters. The summed E-state index contributed by atoms with van der Waals surface area (Å²) in [6.07, 6.45) is -1.78. The monoisotopic (exact) mass is 299 g/mol. The van der Waals surface area contributed by atoms with Gasteiger partial charge < -0.3 is 10.2 Å². The standard InChI is InChI=1S/C8H10ClNO5S2/c9-6-1-2-7(16-6)17(14,15)10-4-3-5(11)8(12)13/h1-2,5,10-11H,3-4H2,(H,12,13). The first-order chi connectivity index (χ1) is 7.83. The third-order valence-electron chi connectivity index (χ3n) is 1.81. The maximum atomic E-state index is 11.6. The van der Waals surface area contributed by atoms with E-state index < -0.39 is 22.1 Å². The van der Waals surface area contributed by atoms with Crippen LogP contribution in [0, 0.1) is 0 Å². The van der Waals surface area contributed by atoms with Crippen LogP contribution in [-0.2, 0) is 14.8 Å². The molecule has 1 unspecified atom stereocenters. The Morgan fingerprint density at radius 3 is 2.65 bits per heavy atom. The Labute approximate surface area is 107 Å². The Morgan fingerprint density at radius 2 is 2.18 bits per heavy atom. The maximum absolute atomic E-state index is 11.6. The molecule has 1 aromatic heterocycles. The van der Waals surface area contributed by atoms with Crippen molar-refractivity contribution in [3.63, 3.8) is 0 Å². The molecule has 17 heavy (non-hydrogen) atoms. The van der Waals surface area contributed by atoms with Crippen LogP contribution in [0.2, 0.25) is 4.34 Å². The molecule has 1 aromatic rings. The second-order valence-corrected chi connectivity index (χ2v) is 6.81. The van der Waals surface area contributed by atoms with Crippen LogP contribution >= 0.6 is 22.9 Å². The summed E-state index contributed by atoms with van der Waals surface area (Å²) in [5.74, 6) is -1.39. The lowest BCUT2D eigenvalue weighted by molar-refractivity contribution is -0.146. The normalized spacial score (nSPS) is 13.5. The highest BCUT2D eigenvalue weighted by Gasteiger charge is 2.18. The summed E-state index contributed by atoms with van der Waals surface area (Å²) in [6.45, 7) is -0.161. The van der Waals surface area contributed by atoms with Crippen LogP contribution in [0.15, 0.2) is 16.3 Å². The van der Waals surface area contributed by atoms with Crippen molar-refractivity contribution in [3.8, 4) is 0 Å². The lowest BCUT2D eigenvalue weighted by atomic mass is 10.3. The van der Waals surface area contributed by atoms with E-state index in [-0.39, 0.29) is 17.2 Å². The van der Waals surface area contributed by atoms with Crippen molar-refractivity contribution in [2.45, 2.75) is 16.7 Å². The number of aliphatic hydroxyl groups is 1. The van der Waals surface area contributed by atoms with Gasteiger partial charge in [-0.25, -0.2) is 17.9 Å². The van der Waals surface area contributed by atoms with Crippen molar-refractivity contribution in [1.29, 1.82) is 0 Å². The van der Waals surface area contributed by atoms with Crippen LogP contribution in [0.3, 0.4) is 0 Å². The second kappa shape index (κ2) is 5.78. The van der Waals surface area contributed by atoms with Gasteiger partial charge in [-0.3, -0.25) is 0 Å². The lowest BCUT2D eigenvalue weighted by Crippen LogP contribution is -2.29. The van der Waals surface area contributed by atoms with E-state index in [1.54, 1.807) is 0 Å². The molecule has 6 nitrogen and oxygen atoms in total. The van der Waals surface area contributed by atoms with Gasteiger partial charge in [-0.2, -0.15) is 0 Å². The van der Waals surface area contributed by atoms with Crippen molar-refractivity contribution >= 4 is 38.9 Å². The highest BCUT2D eigenvalue weighted by atomic mass is 35.5. The first kappa shape index (κ1) is 14.4. The first-order valence-corrected chi connectivity index (χ1v) is 7.16. The smallest absolute Gasteiger partial charge is 0.332 e. The zero-order valence-corrected chi connectivity index (χ0v) is 10.8. The van der Waals surface area contributed by atoms with Crippen molar-refractivity contribution in [2.75, 3.05) is 6.54 Å². The van der Waals surface area contributed by atoms with E-state index in [9.17, 15) is 13.2 Å². The van der Waals surface area contributed by atoms with E-state index in [1.807, 2.05) is 0 Å². The molecule has 0 radical (unpaired) electrons. The molecule has 3 N–H and O–H groups in total. The fourth-order valence-electron chi connectivity index (χ4n) is 0.967. The van der Waals surface area contributed by atoms with E-state index in [1.165, 1.54) is 12.1 Å². The van der Waals surface area contributed by atoms with Crippen LogP contribution in [-0.4, -0.2) is 37.2 Å². The van der Waals surface area contributed by atoms with Gasteiger partial charge in [0.2, 0.25) is 10.0 Å². The van der Waals surface area contributed by atoms with Gasteiger partial charge >= 0.3 is 5.97 Å². The number of aliphatic carboxylic acids is 1. The summed E-state index contributed by atoms with van der Waals surface area (Å²) in [6, 6.07) is 2.80. The highest BCUT2D eigenvalue weighted by molar-refractivity contribution is 7.91. The van der Waals surface area contributed by atoms with Crippen LogP contribution in [0.4, 0.5) is 0 Å². The molecule has 0 aliphatic rings. The summed E-state index contributed by atoms with van der Waals surface area (Å²) in [7, 11) is -3.68. The molecule has 9 heteroatoms. The van der Waals surface area contributed by atoms with Gasteiger partial charge in [-0.05, 0) is 18.6 Å². The average Bonchev–Trinajstić information content (AvgIpc) is 2.65. The fraction of sp³-hybridized carbons (Fsp3) is 0.375. The Kier molecular flexibility index (Phi) is 4.90. The van der Waals surface area contributed by atoms with Crippen LogP contribution < -0.4 is 4.72 Å². The third kappa shape index (κ3) is 4.25. The summed E-state index contributed by atoms with van der Waals surface area (Å²) in [4.78, 5) is 10.3. The van der Waals surface area contributed by atoms with Crippen molar-refractivity contribution in [2.24, 2.45) is 0 Å². The van der Waals surface area contributed by atoms with Crippen molar-refractivity contribution in [1.82, 2.24) is 4.72 Å². The molecule has 0 fully saturated rings. The molecule has 0 aliphatic heterocycles. The second-order valence-electron chi connectivity index (χ2n) is 3.10. The number of hydrogen-bond donors (Lipinski definition) is 3. The number of thiophene rings is 1. The minimum Gasteiger partial charge on any atom is -0.479 e. The Morgan fingerprint density at radius 1 is 1.53 bits per heavy atom. The Balaban J connectivity index is 2.54. The molecule has 1 heterocycles. The molecular weight excluding hydrogens is 290 g/mol. The summed E-state index contributed by atoms with van der Waals surface area (Å²) < 4.78 is 25.8. The van der Waals surface area contributed by atoms with Gasteiger partial charge in [0, 0.05) is 6.54 Å². The topological polar surface area (TPSA) is 104 Å². The number of carboxylic acids is 1. The number of aliphatic hydroxyl groups excluding tert-OH is 1. The number of rotatable bonds is 6. The van der Waals surface area contributed by atoms with Crippen molar-refractivity contribution in [3.05, 3.63) is 16.5 Å². The fourth-order valence-corrected chi connectivity index (χ4v) is 3.54. The zero-order valence-electron chi connectivity index (χ0n) is 8.46. The minimum atomic E-state index is -3.68. The molecule has 0 aliphatic carbocycles. The molecule has 1 rings (SSSR count). The molecule has 0 saturated carbocycles. The Bertz CT molecular complexity index is 498. The third-order valence-corrected chi connectivity index (χ3v) is 4.99. The van der Waals surface area contributed by atoms with Crippen LogP contribution in [0.1, 0.15) is 6.42 Å². The van der Waals surface area contributed by atoms with Gasteiger partial charge in [0.15, 0.2) is 6.10 Å². The summed E-state index contributed by atoms with van der Waals surface area (Å²) in [5, 5.41) is 17.3. The quantitative estimate of drug-likeness (QED) is 0.710. The largest absolute Gasteiger partial charge is 0.479 e. The lowest BCUT2D eigenvalue weighted by Gasteiger charge is -2.06. The Hall–Kier alpha value is -0.670. The first-order valence-electron chi connectivity index (χ1n) is 4.49. The predicted molar refractivity (Wildman–Crippen MR) is 62.8 cm³/mol. The number of carboxylic acid groups (broad SMARTS) is 1. The van der Waals surface area contributed by atoms with Crippen LogP contribution in [0.5, 0.6) is 0 Å². The minimum absolute atomic E-state index is 0.0484. The molecule has 0 amide bonds. The summed E-state index contributed by atoms with van der Waals surface area (Å²) in [5.41, 5.74) is 0. The molecule has 0 bridgehead atoms. The number of sulfonamides is 1. The number of nitrogens with one attached hydrogen (secondary N) is 1. The van der Waals surface area contributed by atoms with E-state index >= 15 is 0 Å².